The number of aromatic hydroxyl groups is 2. The van der Waals surface area contributed by atoms with E-state index < -0.39 is 0 Å². The summed E-state index contributed by atoms with van der Waals surface area (Å²) in [4.78, 5) is 0. The maximum atomic E-state index is 10.1. The topological polar surface area (TPSA) is 60.7 Å². The number of rotatable bonds is 8. The van der Waals surface area contributed by atoms with E-state index in [1.807, 2.05) is 24.3 Å². The average Bonchev–Trinajstić information content (AvgIpc) is 2.64. The van der Waals surface area contributed by atoms with E-state index >= 15 is 0 Å². The molecule has 0 aliphatic heterocycles. The molecule has 2 atom stereocenters. The van der Waals surface area contributed by atoms with Crippen molar-refractivity contribution in [2.45, 2.75) is 50.9 Å². The van der Waals surface area contributed by atoms with Crippen LogP contribution in [0.15, 0.2) is 43.7 Å². The number of aliphatic hydroxyl groups is 1. The Bertz CT molecular complexity index is 771. The van der Waals surface area contributed by atoms with E-state index in [9.17, 15) is 15.3 Å². The third-order valence-corrected chi connectivity index (χ3v) is 7.30. The summed E-state index contributed by atoms with van der Waals surface area (Å²) in [5.41, 5.74) is 2.08. The number of unbranched alkanes of at least 4 members (excludes halogenated alkanes) is 1. The summed E-state index contributed by atoms with van der Waals surface area (Å²) in [7, 11) is 0. The van der Waals surface area contributed by atoms with Gasteiger partial charge < -0.3 is 15.3 Å². The van der Waals surface area contributed by atoms with Gasteiger partial charge in [0.1, 0.15) is 11.5 Å². The van der Waals surface area contributed by atoms with Crippen LogP contribution >= 0.6 is 47.8 Å². The molecule has 27 heavy (non-hydrogen) atoms. The van der Waals surface area contributed by atoms with Crippen molar-refractivity contribution in [1.82, 2.24) is 0 Å². The highest BCUT2D eigenvalue weighted by Crippen LogP contribution is 2.48. The zero-order valence-electron chi connectivity index (χ0n) is 15.5. The van der Waals surface area contributed by atoms with E-state index in [1.165, 1.54) is 0 Å². The molecule has 0 saturated heterocycles. The minimum absolute atomic E-state index is 0.186. The molecule has 0 aliphatic rings. The molecule has 2 aromatic carbocycles. The predicted molar refractivity (Wildman–Crippen MR) is 121 cm³/mol. The summed E-state index contributed by atoms with van der Waals surface area (Å²) in [6.07, 6.45) is 3.49. The average molecular weight is 565 g/mol. The van der Waals surface area contributed by atoms with Gasteiger partial charge in [0, 0.05) is 6.61 Å². The zero-order valence-corrected chi connectivity index (χ0v) is 20.2. The van der Waals surface area contributed by atoms with E-state index in [-0.39, 0.29) is 29.4 Å². The Morgan fingerprint density at radius 3 is 2.11 bits per heavy atom. The van der Waals surface area contributed by atoms with Crippen molar-refractivity contribution >= 4 is 47.8 Å². The molecule has 2 aromatic rings. The number of hydrogen-bond acceptors (Lipinski definition) is 3. The quantitative estimate of drug-likeness (QED) is 0.303. The summed E-state index contributed by atoms with van der Waals surface area (Å²) in [6, 6.07) is 9.65. The third-order valence-electron chi connectivity index (χ3n) is 5.45. The first-order chi connectivity index (χ1) is 12.7. The van der Waals surface area contributed by atoms with Crippen molar-refractivity contribution in [3.63, 3.8) is 0 Å². The van der Waals surface area contributed by atoms with E-state index in [4.69, 9.17) is 0 Å². The molecule has 0 bridgehead atoms. The molecular formula is C21H25Br3O3. The highest BCUT2D eigenvalue weighted by molar-refractivity contribution is 9.11. The Kier molecular flexibility index (Phi) is 8.22. The van der Waals surface area contributed by atoms with Crippen LogP contribution in [0.25, 0.3) is 0 Å². The Hall–Kier alpha value is -0.560. The Morgan fingerprint density at radius 2 is 1.59 bits per heavy atom. The second-order valence-electron chi connectivity index (χ2n) is 7.04. The van der Waals surface area contributed by atoms with Gasteiger partial charge in [-0.15, -0.1) is 0 Å². The molecule has 0 radical (unpaired) electrons. The Labute approximate surface area is 186 Å². The van der Waals surface area contributed by atoms with Gasteiger partial charge >= 0.3 is 0 Å². The monoisotopic (exact) mass is 562 g/mol. The number of phenolic OH excluding ortho intramolecular Hbond substituents is 2. The number of hydrogen-bond donors (Lipinski definition) is 3. The summed E-state index contributed by atoms with van der Waals surface area (Å²) < 4.78 is 2.00. The van der Waals surface area contributed by atoms with Gasteiger partial charge in [0.25, 0.3) is 0 Å². The number of benzene rings is 2. The smallest absolute Gasteiger partial charge is 0.143 e. The fraction of sp³-hybridized carbons (Fsp3) is 0.429. The van der Waals surface area contributed by atoms with Crippen molar-refractivity contribution in [3.8, 4) is 11.5 Å². The molecule has 0 fully saturated rings. The zero-order chi connectivity index (χ0) is 20.2. The second kappa shape index (κ2) is 9.77. The lowest BCUT2D eigenvalue weighted by molar-refractivity contribution is 0.271. The van der Waals surface area contributed by atoms with Crippen LogP contribution in [0.3, 0.4) is 0 Å². The van der Waals surface area contributed by atoms with Gasteiger partial charge in [0.2, 0.25) is 0 Å². The first-order valence-corrected chi connectivity index (χ1v) is 11.4. The van der Waals surface area contributed by atoms with E-state index in [0.717, 1.165) is 36.8 Å². The lowest BCUT2D eigenvalue weighted by atomic mass is 9.65. The SMILES string of the molecule is CC[C@@](C)(c1cc(Br)c(O)c(Br)c1)[C@H](CCCCO)c1ccc(O)c(Br)c1. The van der Waals surface area contributed by atoms with Crippen LogP contribution in [0.5, 0.6) is 11.5 Å². The lowest BCUT2D eigenvalue weighted by Gasteiger charge is -2.39. The molecule has 148 valence electrons. The molecule has 0 amide bonds. The maximum absolute atomic E-state index is 10.1. The molecule has 2 rings (SSSR count). The molecule has 6 heteroatoms. The largest absolute Gasteiger partial charge is 0.507 e. The first kappa shape index (κ1) is 22.7. The van der Waals surface area contributed by atoms with Gasteiger partial charge in [-0.2, -0.15) is 0 Å². The summed E-state index contributed by atoms with van der Waals surface area (Å²) in [5, 5.41) is 29.2. The van der Waals surface area contributed by atoms with Crippen LogP contribution in [0.1, 0.15) is 56.6 Å². The van der Waals surface area contributed by atoms with Crippen molar-refractivity contribution in [2.75, 3.05) is 6.61 Å². The molecule has 0 aliphatic carbocycles. The maximum Gasteiger partial charge on any atom is 0.143 e. The summed E-state index contributed by atoms with van der Waals surface area (Å²) >= 11 is 10.3. The summed E-state index contributed by atoms with van der Waals surface area (Å²) in [5.74, 6) is 0.608. The molecule has 0 heterocycles. The highest BCUT2D eigenvalue weighted by atomic mass is 79.9. The van der Waals surface area contributed by atoms with Crippen LogP contribution in [-0.2, 0) is 5.41 Å². The van der Waals surface area contributed by atoms with Crippen molar-refractivity contribution in [1.29, 1.82) is 0 Å². The molecule has 3 nitrogen and oxygen atoms in total. The number of halogens is 3. The Balaban J connectivity index is 2.56. The van der Waals surface area contributed by atoms with Crippen LogP contribution in [0, 0.1) is 0 Å². The lowest BCUT2D eigenvalue weighted by Crippen LogP contribution is -2.30. The van der Waals surface area contributed by atoms with Crippen LogP contribution in [0.2, 0.25) is 0 Å². The van der Waals surface area contributed by atoms with Gasteiger partial charge in [0.15, 0.2) is 0 Å². The highest BCUT2D eigenvalue weighted by Gasteiger charge is 2.36. The third kappa shape index (κ3) is 5.08. The van der Waals surface area contributed by atoms with E-state index in [0.29, 0.717) is 13.4 Å². The fourth-order valence-corrected chi connectivity index (χ4v) is 5.18. The molecule has 3 N–H and O–H groups in total. The first-order valence-electron chi connectivity index (χ1n) is 9.02. The fourth-order valence-electron chi connectivity index (χ4n) is 3.60. The van der Waals surface area contributed by atoms with Gasteiger partial charge in [-0.25, -0.2) is 0 Å². The van der Waals surface area contributed by atoms with E-state index in [1.54, 1.807) is 6.07 Å². The minimum atomic E-state index is -0.190. The van der Waals surface area contributed by atoms with Crippen LogP contribution < -0.4 is 0 Å². The molecule has 0 saturated carbocycles. The second-order valence-corrected chi connectivity index (χ2v) is 9.61. The van der Waals surface area contributed by atoms with Gasteiger partial charge in [-0.05, 0) is 114 Å². The normalized spacial score (nSPS) is 14.7. The van der Waals surface area contributed by atoms with Gasteiger partial charge in [-0.3, -0.25) is 0 Å². The predicted octanol–water partition coefficient (Wildman–Crippen LogP) is 7.00. The Morgan fingerprint density at radius 1 is 0.963 bits per heavy atom. The van der Waals surface area contributed by atoms with Crippen LogP contribution in [-0.4, -0.2) is 21.9 Å². The summed E-state index contributed by atoms with van der Waals surface area (Å²) in [6.45, 7) is 4.59. The minimum Gasteiger partial charge on any atom is -0.507 e. The molecule has 0 unspecified atom stereocenters. The molecule has 0 aromatic heterocycles. The number of phenols is 2. The van der Waals surface area contributed by atoms with Crippen LogP contribution in [0.4, 0.5) is 0 Å². The van der Waals surface area contributed by atoms with Gasteiger partial charge in [0.05, 0.1) is 13.4 Å². The van der Waals surface area contributed by atoms with Crippen molar-refractivity contribution in [2.24, 2.45) is 0 Å². The van der Waals surface area contributed by atoms with E-state index in [2.05, 4.69) is 61.6 Å². The van der Waals surface area contributed by atoms with Crippen molar-refractivity contribution in [3.05, 3.63) is 54.9 Å². The van der Waals surface area contributed by atoms with Gasteiger partial charge in [-0.1, -0.05) is 26.3 Å². The molecule has 0 spiro atoms. The standard InChI is InChI=1S/C21H25Br3O3/c1-3-21(2,14-11-17(23)20(27)18(24)12-14)15(6-4-5-9-25)13-7-8-19(26)16(22)10-13/h7-8,10-12,15,25-27H,3-6,9H2,1-2H3/t15-,21+/m1/s1. The molecular weight excluding hydrogens is 540 g/mol. The number of aliphatic hydroxyl groups excluding tert-OH is 1. The van der Waals surface area contributed by atoms with Crippen molar-refractivity contribution < 1.29 is 15.3 Å².